The third-order valence-electron chi connectivity index (χ3n) is 5.74. The van der Waals surface area contributed by atoms with Crippen LogP contribution in [0.4, 0.5) is 0 Å². The third-order valence-corrected chi connectivity index (χ3v) is 5.74. The molecule has 2 fully saturated rings. The highest BCUT2D eigenvalue weighted by molar-refractivity contribution is 5.49. The lowest BCUT2D eigenvalue weighted by Crippen LogP contribution is -2.45. The van der Waals surface area contributed by atoms with Crippen LogP contribution in [-0.4, -0.2) is 32.7 Å². The van der Waals surface area contributed by atoms with Gasteiger partial charge in [-0.2, -0.15) is 4.98 Å². The van der Waals surface area contributed by atoms with Crippen molar-refractivity contribution in [2.75, 3.05) is 6.54 Å². The number of hydrogen-bond acceptors (Lipinski definition) is 6. The van der Waals surface area contributed by atoms with Crippen LogP contribution in [-0.2, 0) is 5.41 Å². The lowest BCUT2D eigenvalue weighted by atomic mass is 9.68. The van der Waals surface area contributed by atoms with Crippen molar-refractivity contribution in [1.82, 2.24) is 25.4 Å². The second kappa shape index (κ2) is 6.29. The molecule has 0 spiro atoms. The van der Waals surface area contributed by atoms with Crippen LogP contribution in [0.25, 0.3) is 11.5 Å². The van der Waals surface area contributed by atoms with E-state index in [-0.39, 0.29) is 5.41 Å². The molecule has 2 aromatic heterocycles. The maximum atomic E-state index is 5.48. The SMILES string of the molecule is c1ccc([C@H]2CC2NCC2(c3noc(-c4cncnc4)n3)CCC2)cc1. The predicted octanol–water partition coefficient (Wildman–Crippen LogP) is 3.09. The molecular formula is C20H21N5O. The minimum absolute atomic E-state index is 0.00121. The van der Waals surface area contributed by atoms with Crippen LogP contribution in [0.5, 0.6) is 0 Å². The molecule has 26 heavy (non-hydrogen) atoms. The average molecular weight is 347 g/mol. The van der Waals surface area contributed by atoms with Crippen molar-refractivity contribution in [3.63, 3.8) is 0 Å². The van der Waals surface area contributed by atoms with Crippen molar-refractivity contribution in [2.45, 2.75) is 43.1 Å². The Balaban J connectivity index is 1.27. The van der Waals surface area contributed by atoms with Gasteiger partial charge in [0.05, 0.1) is 5.56 Å². The molecule has 0 radical (unpaired) electrons. The number of nitrogens with zero attached hydrogens (tertiary/aromatic N) is 4. The Bertz CT molecular complexity index is 875. The number of benzene rings is 1. The summed E-state index contributed by atoms with van der Waals surface area (Å²) in [6.07, 6.45) is 9.53. The second-order valence-electron chi connectivity index (χ2n) is 7.42. The van der Waals surface area contributed by atoms with Crippen LogP contribution in [0.15, 0.2) is 53.6 Å². The molecule has 2 atom stereocenters. The van der Waals surface area contributed by atoms with Crippen molar-refractivity contribution in [2.24, 2.45) is 0 Å². The molecule has 2 heterocycles. The Morgan fingerprint density at radius 1 is 1.12 bits per heavy atom. The minimum Gasteiger partial charge on any atom is -0.334 e. The first-order chi connectivity index (χ1) is 12.8. The summed E-state index contributed by atoms with van der Waals surface area (Å²) >= 11 is 0. The van der Waals surface area contributed by atoms with Gasteiger partial charge >= 0.3 is 0 Å². The summed E-state index contributed by atoms with van der Waals surface area (Å²) in [7, 11) is 0. The Morgan fingerprint density at radius 2 is 1.92 bits per heavy atom. The Hall–Kier alpha value is -2.60. The summed E-state index contributed by atoms with van der Waals surface area (Å²) in [6.45, 7) is 0.908. The van der Waals surface area contributed by atoms with Gasteiger partial charge in [-0.25, -0.2) is 9.97 Å². The smallest absolute Gasteiger partial charge is 0.261 e. The largest absolute Gasteiger partial charge is 0.334 e. The highest BCUT2D eigenvalue weighted by atomic mass is 16.5. The average Bonchev–Trinajstić information content (AvgIpc) is 3.28. The molecule has 3 aromatic rings. The Kier molecular flexibility index (Phi) is 3.78. The fraction of sp³-hybridized carbons (Fsp3) is 0.400. The van der Waals surface area contributed by atoms with Crippen LogP contribution < -0.4 is 5.32 Å². The Morgan fingerprint density at radius 3 is 2.65 bits per heavy atom. The minimum atomic E-state index is 0.00121. The van der Waals surface area contributed by atoms with E-state index >= 15 is 0 Å². The molecular weight excluding hydrogens is 326 g/mol. The maximum Gasteiger partial charge on any atom is 0.261 e. The highest BCUT2D eigenvalue weighted by Crippen LogP contribution is 2.45. The van der Waals surface area contributed by atoms with E-state index in [4.69, 9.17) is 4.52 Å². The van der Waals surface area contributed by atoms with E-state index in [9.17, 15) is 0 Å². The lowest BCUT2D eigenvalue weighted by Gasteiger charge is -2.39. The highest BCUT2D eigenvalue weighted by Gasteiger charge is 2.46. The Labute approximate surface area is 152 Å². The van der Waals surface area contributed by atoms with Gasteiger partial charge in [0.1, 0.15) is 6.33 Å². The quantitative estimate of drug-likeness (QED) is 0.738. The van der Waals surface area contributed by atoms with E-state index in [2.05, 4.69) is 55.8 Å². The molecule has 0 amide bonds. The summed E-state index contributed by atoms with van der Waals surface area (Å²) in [5.41, 5.74) is 2.19. The lowest BCUT2D eigenvalue weighted by molar-refractivity contribution is 0.211. The van der Waals surface area contributed by atoms with E-state index in [1.165, 1.54) is 24.7 Å². The fourth-order valence-electron chi connectivity index (χ4n) is 3.86. The van der Waals surface area contributed by atoms with Crippen molar-refractivity contribution in [3.8, 4) is 11.5 Å². The molecule has 1 N–H and O–H groups in total. The topological polar surface area (TPSA) is 76.7 Å². The third kappa shape index (κ3) is 2.80. The molecule has 6 heteroatoms. The van der Waals surface area contributed by atoms with Crippen molar-refractivity contribution < 1.29 is 4.52 Å². The predicted molar refractivity (Wildman–Crippen MR) is 96.4 cm³/mol. The molecule has 2 aliphatic carbocycles. The zero-order valence-corrected chi connectivity index (χ0v) is 14.5. The molecule has 0 aliphatic heterocycles. The first-order valence-electron chi connectivity index (χ1n) is 9.22. The van der Waals surface area contributed by atoms with Crippen molar-refractivity contribution >= 4 is 0 Å². The zero-order valence-electron chi connectivity index (χ0n) is 14.5. The van der Waals surface area contributed by atoms with Gasteiger partial charge in [-0.05, 0) is 24.8 Å². The first-order valence-corrected chi connectivity index (χ1v) is 9.22. The van der Waals surface area contributed by atoms with Gasteiger partial charge in [-0.15, -0.1) is 0 Å². The van der Waals surface area contributed by atoms with Gasteiger partial charge in [-0.3, -0.25) is 0 Å². The van der Waals surface area contributed by atoms with Gasteiger partial charge < -0.3 is 9.84 Å². The van der Waals surface area contributed by atoms with E-state index in [0.717, 1.165) is 30.8 Å². The molecule has 2 aliphatic rings. The monoisotopic (exact) mass is 347 g/mol. The summed E-state index contributed by atoms with van der Waals surface area (Å²) in [6, 6.07) is 11.3. The molecule has 2 saturated carbocycles. The summed E-state index contributed by atoms with van der Waals surface area (Å²) < 4.78 is 5.48. The molecule has 1 aromatic carbocycles. The van der Waals surface area contributed by atoms with Crippen LogP contribution in [0.2, 0.25) is 0 Å². The van der Waals surface area contributed by atoms with E-state index in [1.807, 2.05) is 0 Å². The summed E-state index contributed by atoms with van der Waals surface area (Å²) in [5.74, 6) is 1.95. The number of aromatic nitrogens is 4. The van der Waals surface area contributed by atoms with Crippen LogP contribution in [0.3, 0.4) is 0 Å². The normalized spacial score (nSPS) is 23.4. The zero-order chi connectivity index (χ0) is 17.4. The second-order valence-corrected chi connectivity index (χ2v) is 7.42. The maximum absolute atomic E-state index is 5.48. The number of nitrogens with one attached hydrogen (secondary N) is 1. The summed E-state index contributed by atoms with van der Waals surface area (Å²) in [4.78, 5) is 12.7. The van der Waals surface area contributed by atoms with Crippen LogP contribution in [0, 0.1) is 0 Å². The molecule has 1 unspecified atom stereocenters. The molecule has 132 valence electrons. The molecule has 0 saturated heterocycles. The molecule has 5 rings (SSSR count). The van der Waals surface area contributed by atoms with Gasteiger partial charge in [0.15, 0.2) is 5.82 Å². The fourth-order valence-corrected chi connectivity index (χ4v) is 3.86. The van der Waals surface area contributed by atoms with E-state index in [1.54, 1.807) is 12.4 Å². The number of rotatable bonds is 6. The molecule has 0 bridgehead atoms. The van der Waals surface area contributed by atoms with Gasteiger partial charge in [0, 0.05) is 36.3 Å². The number of hydrogen-bond donors (Lipinski definition) is 1. The van der Waals surface area contributed by atoms with Gasteiger partial charge in [0.2, 0.25) is 0 Å². The summed E-state index contributed by atoms with van der Waals surface area (Å²) in [5, 5.41) is 8.03. The van der Waals surface area contributed by atoms with Crippen LogP contribution in [0.1, 0.15) is 43.0 Å². The van der Waals surface area contributed by atoms with Crippen molar-refractivity contribution in [1.29, 1.82) is 0 Å². The molecule has 6 nitrogen and oxygen atoms in total. The standard InChI is InChI=1S/C20H21N5O/c1-2-5-14(6-3-1)16-9-17(16)23-12-20(7-4-8-20)19-24-18(26-25-19)15-10-21-13-22-11-15/h1-3,5-6,10-11,13,16-17,23H,4,7-9,12H2/t16-,17?/m1/s1. The van der Waals surface area contributed by atoms with Gasteiger partial charge in [-0.1, -0.05) is 41.9 Å². The van der Waals surface area contributed by atoms with E-state index < -0.39 is 0 Å². The van der Waals surface area contributed by atoms with E-state index in [0.29, 0.717) is 17.9 Å². The first kappa shape index (κ1) is 15.6. The van der Waals surface area contributed by atoms with Gasteiger partial charge in [0.25, 0.3) is 5.89 Å². The van der Waals surface area contributed by atoms with Crippen molar-refractivity contribution in [3.05, 3.63) is 60.4 Å². The van der Waals surface area contributed by atoms with Crippen LogP contribution >= 0.6 is 0 Å².